The minimum absolute atomic E-state index is 0.00625. The van der Waals surface area contributed by atoms with Gasteiger partial charge in [0.25, 0.3) is 5.69 Å². The number of carbonyl (C=O) groups is 1. The number of piperazine rings is 1. The minimum Gasteiger partial charge on any atom is -0.368 e. The first-order chi connectivity index (χ1) is 12.1. The van der Waals surface area contributed by atoms with Crippen LogP contribution in [0.25, 0.3) is 0 Å². The number of nitro benzene ring substituents is 1. The molecule has 7 heteroatoms. The molecule has 1 aromatic carbocycles. The molecule has 0 radical (unpaired) electrons. The molecule has 0 aromatic heterocycles. The number of nitrogens with zero attached hydrogens (tertiary/aromatic N) is 3. The number of allylic oxidation sites excluding steroid dienone is 2. The van der Waals surface area contributed by atoms with Crippen molar-refractivity contribution in [1.29, 1.82) is 0 Å². The van der Waals surface area contributed by atoms with E-state index in [9.17, 15) is 14.9 Å². The number of hydrogen-bond acceptors (Lipinski definition) is 4. The van der Waals surface area contributed by atoms with E-state index in [0.717, 1.165) is 31.5 Å². The van der Waals surface area contributed by atoms with E-state index in [0.29, 0.717) is 32.1 Å². The highest BCUT2D eigenvalue weighted by Crippen LogP contribution is 2.22. The number of anilines is 1. The number of nitrogens with one attached hydrogen (secondary N) is 1. The summed E-state index contributed by atoms with van der Waals surface area (Å²) in [5.74, 6) is 0.542. The van der Waals surface area contributed by atoms with Gasteiger partial charge in [-0.15, -0.1) is 0 Å². The fourth-order valence-corrected chi connectivity index (χ4v) is 3.36. The molecule has 0 saturated carbocycles. The van der Waals surface area contributed by atoms with Crippen LogP contribution >= 0.6 is 0 Å². The second kappa shape index (κ2) is 8.00. The molecule has 2 amide bonds. The van der Waals surface area contributed by atoms with Gasteiger partial charge in [-0.2, -0.15) is 0 Å². The molecule has 1 N–H and O–H groups in total. The Kier molecular flexibility index (Phi) is 5.53. The molecule has 1 aromatic rings. The van der Waals surface area contributed by atoms with Crippen LogP contribution in [-0.2, 0) is 0 Å². The van der Waals surface area contributed by atoms with E-state index in [1.54, 1.807) is 12.1 Å². The summed E-state index contributed by atoms with van der Waals surface area (Å²) < 4.78 is 0. The van der Waals surface area contributed by atoms with Crippen LogP contribution in [0.1, 0.15) is 19.3 Å². The van der Waals surface area contributed by atoms with Gasteiger partial charge in [-0.1, -0.05) is 18.2 Å². The molecule has 0 bridgehead atoms. The van der Waals surface area contributed by atoms with Gasteiger partial charge in [-0.25, -0.2) is 4.79 Å². The highest BCUT2D eigenvalue weighted by Gasteiger charge is 2.22. The van der Waals surface area contributed by atoms with E-state index in [-0.39, 0.29) is 16.6 Å². The molecule has 0 spiro atoms. The topological polar surface area (TPSA) is 78.7 Å². The summed E-state index contributed by atoms with van der Waals surface area (Å²) in [5.41, 5.74) is 0.933. The lowest BCUT2D eigenvalue weighted by molar-refractivity contribution is -0.384. The van der Waals surface area contributed by atoms with Gasteiger partial charge < -0.3 is 15.1 Å². The average Bonchev–Trinajstić information content (AvgIpc) is 2.67. The van der Waals surface area contributed by atoms with Gasteiger partial charge in [0, 0.05) is 50.5 Å². The van der Waals surface area contributed by atoms with Crippen LogP contribution in [0.5, 0.6) is 0 Å². The quantitative estimate of drug-likeness (QED) is 0.517. The zero-order chi connectivity index (χ0) is 17.6. The molecule has 25 heavy (non-hydrogen) atoms. The largest absolute Gasteiger partial charge is 0.368 e. The first-order valence-electron chi connectivity index (χ1n) is 8.80. The molecule has 1 saturated heterocycles. The van der Waals surface area contributed by atoms with Crippen molar-refractivity contribution in [2.24, 2.45) is 5.92 Å². The molecule has 3 rings (SSSR count). The van der Waals surface area contributed by atoms with Crippen LogP contribution in [0.3, 0.4) is 0 Å². The molecule has 134 valence electrons. The Labute approximate surface area is 147 Å². The van der Waals surface area contributed by atoms with Crippen molar-refractivity contribution in [3.63, 3.8) is 0 Å². The van der Waals surface area contributed by atoms with Crippen molar-refractivity contribution in [3.05, 3.63) is 46.5 Å². The number of urea groups is 1. The maximum absolute atomic E-state index is 12.3. The predicted octanol–water partition coefficient (Wildman–Crippen LogP) is 2.78. The van der Waals surface area contributed by atoms with E-state index in [4.69, 9.17) is 0 Å². The van der Waals surface area contributed by atoms with Crippen molar-refractivity contribution < 1.29 is 9.72 Å². The van der Waals surface area contributed by atoms with E-state index >= 15 is 0 Å². The van der Waals surface area contributed by atoms with Crippen LogP contribution in [0.2, 0.25) is 0 Å². The molecule has 1 aliphatic carbocycles. The van der Waals surface area contributed by atoms with Gasteiger partial charge in [-0.05, 0) is 31.2 Å². The van der Waals surface area contributed by atoms with Gasteiger partial charge in [-0.3, -0.25) is 10.1 Å². The van der Waals surface area contributed by atoms with Crippen molar-refractivity contribution in [2.45, 2.75) is 19.3 Å². The molecule has 7 nitrogen and oxygen atoms in total. The summed E-state index contributed by atoms with van der Waals surface area (Å²) in [5, 5.41) is 13.9. The zero-order valence-corrected chi connectivity index (χ0v) is 14.3. The summed E-state index contributed by atoms with van der Waals surface area (Å²) in [6, 6.07) is 6.65. The highest BCUT2D eigenvalue weighted by atomic mass is 16.6. The average molecular weight is 344 g/mol. The standard InChI is InChI=1S/C18H24N4O3/c23-18(19-14-15-5-2-1-3-6-15)21-11-9-20(10-12-21)16-7-4-8-17(13-16)22(24)25/h1-2,4,7-8,13,15H,3,5-6,9-12,14H2,(H,19,23)/t15-/m1/s1. The van der Waals surface area contributed by atoms with Crippen LogP contribution in [-0.4, -0.2) is 48.6 Å². The van der Waals surface area contributed by atoms with E-state index in [1.165, 1.54) is 6.07 Å². The Bertz CT molecular complexity index is 653. The molecule has 1 fully saturated rings. The molecule has 0 unspecified atom stereocenters. The number of amides is 2. The summed E-state index contributed by atoms with van der Waals surface area (Å²) in [6.07, 6.45) is 7.67. The van der Waals surface area contributed by atoms with Crippen molar-refractivity contribution in [2.75, 3.05) is 37.6 Å². The number of hydrogen-bond donors (Lipinski definition) is 1. The second-order valence-corrected chi connectivity index (χ2v) is 6.59. The number of benzene rings is 1. The Hall–Kier alpha value is -2.57. The van der Waals surface area contributed by atoms with Crippen LogP contribution in [0, 0.1) is 16.0 Å². The van der Waals surface area contributed by atoms with Gasteiger partial charge >= 0.3 is 6.03 Å². The van der Waals surface area contributed by atoms with Gasteiger partial charge in [0.05, 0.1) is 4.92 Å². The zero-order valence-electron chi connectivity index (χ0n) is 14.3. The third-order valence-electron chi connectivity index (χ3n) is 4.89. The molecule has 1 aliphatic heterocycles. The van der Waals surface area contributed by atoms with Crippen molar-refractivity contribution in [3.8, 4) is 0 Å². The Morgan fingerprint density at radius 2 is 2.04 bits per heavy atom. The number of carbonyl (C=O) groups excluding carboxylic acids is 1. The van der Waals surface area contributed by atoms with Crippen molar-refractivity contribution in [1.82, 2.24) is 10.2 Å². The Balaban J connectivity index is 1.48. The van der Waals surface area contributed by atoms with Crippen LogP contribution < -0.4 is 10.2 Å². The lowest BCUT2D eigenvalue weighted by Gasteiger charge is -2.36. The lowest BCUT2D eigenvalue weighted by Crippen LogP contribution is -2.52. The lowest BCUT2D eigenvalue weighted by atomic mass is 9.94. The third-order valence-corrected chi connectivity index (χ3v) is 4.89. The molecular weight excluding hydrogens is 320 g/mol. The molecule has 2 aliphatic rings. The summed E-state index contributed by atoms with van der Waals surface area (Å²) in [6.45, 7) is 3.34. The van der Waals surface area contributed by atoms with Crippen molar-refractivity contribution >= 4 is 17.4 Å². The van der Waals surface area contributed by atoms with Gasteiger partial charge in [0.2, 0.25) is 0 Å². The summed E-state index contributed by atoms with van der Waals surface area (Å²) >= 11 is 0. The van der Waals surface area contributed by atoms with Crippen LogP contribution in [0.4, 0.5) is 16.2 Å². The fourth-order valence-electron chi connectivity index (χ4n) is 3.36. The predicted molar refractivity (Wildman–Crippen MR) is 96.8 cm³/mol. The van der Waals surface area contributed by atoms with Gasteiger partial charge in [0.1, 0.15) is 0 Å². The van der Waals surface area contributed by atoms with E-state index in [2.05, 4.69) is 22.4 Å². The first-order valence-corrected chi connectivity index (χ1v) is 8.80. The number of rotatable bonds is 4. The summed E-state index contributed by atoms with van der Waals surface area (Å²) in [4.78, 5) is 26.7. The maximum atomic E-state index is 12.3. The van der Waals surface area contributed by atoms with Crippen LogP contribution in [0.15, 0.2) is 36.4 Å². The molecule has 1 heterocycles. The molecular formula is C18H24N4O3. The fraction of sp³-hybridized carbons (Fsp3) is 0.500. The molecule has 1 atom stereocenters. The second-order valence-electron chi connectivity index (χ2n) is 6.59. The van der Waals surface area contributed by atoms with E-state index < -0.39 is 0 Å². The summed E-state index contributed by atoms with van der Waals surface area (Å²) in [7, 11) is 0. The number of non-ortho nitro benzene ring substituents is 1. The minimum atomic E-state index is -0.381. The monoisotopic (exact) mass is 344 g/mol. The Morgan fingerprint density at radius 1 is 1.24 bits per heavy atom. The smallest absolute Gasteiger partial charge is 0.317 e. The Morgan fingerprint density at radius 3 is 2.72 bits per heavy atom. The third kappa shape index (κ3) is 4.49. The number of nitro groups is 1. The first kappa shape index (κ1) is 17.3. The SMILES string of the molecule is O=C(NC[C@@H]1CC=CCC1)N1CCN(c2cccc([N+](=O)[O-])c2)CC1. The normalized spacial score (nSPS) is 20.4. The van der Waals surface area contributed by atoms with E-state index in [1.807, 2.05) is 11.0 Å². The highest BCUT2D eigenvalue weighted by molar-refractivity contribution is 5.74. The van der Waals surface area contributed by atoms with Gasteiger partial charge in [0.15, 0.2) is 0 Å². The maximum Gasteiger partial charge on any atom is 0.317 e.